The Labute approximate surface area is 115 Å². The van der Waals surface area contributed by atoms with Crippen molar-refractivity contribution in [3.63, 3.8) is 0 Å². The molecule has 110 valence electrons. The molecule has 1 fully saturated rings. The zero-order valence-corrected chi connectivity index (χ0v) is 12.5. The minimum Gasteiger partial charge on any atom is -0.385 e. The molecular formula is C14H26N2O3. The molecule has 0 aliphatic carbocycles. The Morgan fingerprint density at radius 1 is 1.37 bits per heavy atom. The van der Waals surface area contributed by atoms with E-state index in [1.807, 2.05) is 20.8 Å². The lowest BCUT2D eigenvalue weighted by Gasteiger charge is -2.46. The fourth-order valence-electron chi connectivity index (χ4n) is 2.49. The average Bonchev–Trinajstić information content (AvgIpc) is 2.40. The molecular weight excluding hydrogens is 244 g/mol. The summed E-state index contributed by atoms with van der Waals surface area (Å²) in [6, 6.07) is -0.361. The number of hydrogen-bond donors (Lipinski definition) is 1. The molecule has 1 aliphatic heterocycles. The van der Waals surface area contributed by atoms with Gasteiger partial charge in [0.05, 0.1) is 0 Å². The first-order valence-electron chi connectivity index (χ1n) is 7.12. The summed E-state index contributed by atoms with van der Waals surface area (Å²) < 4.78 is 5.03. The van der Waals surface area contributed by atoms with E-state index < -0.39 is 5.54 Å². The number of nitrogens with zero attached hydrogens (tertiary/aromatic N) is 1. The zero-order chi connectivity index (χ0) is 14.5. The average molecular weight is 270 g/mol. The van der Waals surface area contributed by atoms with E-state index in [9.17, 15) is 9.59 Å². The van der Waals surface area contributed by atoms with Crippen LogP contribution in [0.1, 0.15) is 46.5 Å². The zero-order valence-electron chi connectivity index (χ0n) is 12.5. The number of piperazine rings is 1. The number of hydrogen-bond acceptors (Lipinski definition) is 3. The summed E-state index contributed by atoms with van der Waals surface area (Å²) in [4.78, 5) is 26.5. The van der Waals surface area contributed by atoms with Gasteiger partial charge >= 0.3 is 0 Å². The summed E-state index contributed by atoms with van der Waals surface area (Å²) in [5.41, 5.74) is -0.727. The number of carbonyl (C=O) groups is 2. The Morgan fingerprint density at radius 2 is 2.05 bits per heavy atom. The quantitative estimate of drug-likeness (QED) is 0.710. The molecule has 2 amide bonds. The molecule has 1 N–H and O–H groups in total. The highest BCUT2D eigenvalue weighted by molar-refractivity contribution is 5.99. The molecule has 1 saturated heterocycles. The maximum absolute atomic E-state index is 12.5. The van der Waals surface area contributed by atoms with Gasteiger partial charge in [-0.15, -0.1) is 0 Å². The van der Waals surface area contributed by atoms with Crippen molar-refractivity contribution in [3.8, 4) is 0 Å². The van der Waals surface area contributed by atoms with Crippen LogP contribution in [0.25, 0.3) is 0 Å². The molecule has 19 heavy (non-hydrogen) atoms. The molecule has 1 heterocycles. The van der Waals surface area contributed by atoms with Gasteiger partial charge in [0.2, 0.25) is 11.8 Å². The number of ether oxygens (including phenoxy) is 1. The summed E-state index contributed by atoms with van der Waals surface area (Å²) >= 11 is 0. The Morgan fingerprint density at radius 3 is 2.58 bits per heavy atom. The smallest absolute Gasteiger partial charge is 0.246 e. The second-order valence-electron chi connectivity index (χ2n) is 5.28. The molecule has 0 aromatic rings. The van der Waals surface area contributed by atoms with E-state index in [0.29, 0.717) is 26.0 Å². The van der Waals surface area contributed by atoms with Crippen LogP contribution in [0.5, 0.6) is 0 Å². The minimum atomic E-state index is -0.727. The van der Waals surface area contributed by atoms with Crippen molar-refractivity contribution in [3.05, 3.63) is 0 Å². The number of nitrogens with one attached hydrogen (secondary N) is 1. The van der Waals surface area contributed by atoms with Crippen LogP contribution in [-0.4, -0.2) is 48.6 Å². The molecule has 0 spiro atoms. The van der Waals surface area contributed by atoms with Crippen molar-refractivity contribution in [1.29, 1.82) is 0 Å². The van der Waals surface area contributed by atoms with Crippen LogP contribution in [0, 0.1) is 0 Å². The first kappa shape index (κ1) is 16.0. The molecule has 2 unspecified atom stereocenters. The van der Waals surface area contributed by atoms with Gasteiger partial charge in [0.1, 0.15) is 11.6 Å². The van der Waals surface area contributed by atoms with E-state index in [-0.39, 0.29) is 17.9 Å². The second kappa shape index (κ2) is 6.89. The third-order valence-corrected chi connectivity index (χ3v) is 3.95. The van der Waals surface area contributed by atoms with Crippen LogP contribution in [0.15, 0.2) is 0 Å². The van der Waals surface area contributed by atoms with E-state index in [0.717, 1.165) is 12.8 Å². The fourth-order valence-corrected chi connectivity index (χ4v) is 2.49. The summed E-state index contributed by atoms with van der Waals surface area (Å²) in [6.45, 7) is 6.97. The second-order valence-corrected chi connectivity index (χ2v) is 5.28. The largest absolute Gasteiger partial charge is 0.385 e. The first-order valence-corrected chi connectivity index (χ1v) is 7.12. The van der Waals surface area contributed by atoms with Crippen molar-refractivity contribution >= 4 is 11.8 Å². The Hall–Kier alpha value is -1.10. The lowest BCUT2D eigenvalue weighted by molar-refractivity contribution is -0.157. The number of carbonyl (C=O) groups excluding carboxylic acids is 2. The highest BCUT2D eigenvalue weighted by Gasteiger charge is 2.47. The third kappa shape index (κ3) is 3.26. The normalized spacial score (nSPS) is 27.6. The van der Waals surface area contributed by atoms with Gasteiger partial charge in [-0.3, -0.25) is 9.59 Å². The maximum Gasteiger partial charge on any atom is 0.246 e. The van der Waals surface area contributed by atoms with Crippen LogP contribution in [-0.2, 0) is 14.3 Å². The first-order chi connectivity index (χ1) is 9.01. The van der Waals surface area contributed by atoms with Crippen LogP contribution < -0.4 is 5.32 Å². The lowest BCUT2D eigenvalue weighted by Crippen LogP contribution is -2.69. The Kier molecular flexibility index (Phi) is 5.79. The van der Waals surface area contributed by atoms with Gasteiger partial charge < -0.3 is 15.0 Å². The lowest BCUT2D eigenvalue weighted by atomic mass is 9.89. The summed E-state index contributed by atoms with van der Waals surface area (Å²) in [6.07, 6.45) is 2.96. The topological polar surface area (TPSA) is 58.6 Å². The molecule has 0 aromatic carbocycles. The van der Waals surface area contributed by atoms with E-state index in [2.05, 4.69) is 5.32 Å². The number of amides is 2. The van der Waals surface area contributed by atoms with Gasteiger partial charge in [-0.2, -0.15) is 0 Å². The number of methoxy groups -OCH3 is 1. The molecule has 0 saturated carbocycles. The van der Waals surface area contributed by atoms with E-state index in [1.54, 1.807) is 12.0 Å². The van der Waals surface area contributed by atoms with Crippen molar-refractivity contribution in [2.75, 3.05) is 20.3 Å². The molecule has 0 bridgehead atoms. The van der Waals surface area contributed by atoms with E-state index >= 15 is 0 Å². The van der Waals surface area contributed by atoms with Gasteiger partial charge in [0.15, 0.2) is 0 Å². The molecule has 0 radical (unpaired) electrons. The van der Waals surface area contributed by atoms with Crippen LogP contribution in [0.4, 0.5) is 0 Å². The molecule has 5 heteroatoms. The van der Waals surface area contributed by atoms with Crippen molar-refractivity contribution in [2.45, 2.75) is 58.0 Å². The minimum absolute atomic E-state index is 0.0366. The van der Waals surface area contributed by atoms with Gasteiger partial charge in [-0.25, -0.2) is 0 Å². The Bertz CT molecular complexity index is 333. The molecule has 2 atom stereocenters. The Balaban J connectivity index is 2.87. The third-order valence-electron chi connectivity index (χ3n) is 3.95. The predicted octanol–water partition coefficient (Wildman–Crippen LogP) is 1.32. The van der Waals surface area contributed by atoms with Crippen LogP contribution in [0.2, 0.25) is 0 Å². The molecule has 0 aromatic heterocycles. The predicted molar refractivity (Wildman–Crippen MR) is 73.7 cm³/mol. The highest BCUT2D eigenvalue weighted by Crippen LogP contribution is 2.26. The van der Waals surface area contributed by atoms with Crippen LogP contribution in [0.3, 0.4) is 0 Å². The van der Waals surface area contributed by atoms with Crippen LogP contribution >= 0.6 is 0 Å². The van der Waals surface area contributed by atoms with Gasteiger partial charge in [0, 0.05) is 20.3 Å². The number of rotatable bonds is 7. The molecule has 1 rings (SSSR count). The SMILES string of the molecule is CCCC1NC(=O)C(C)(CC)N(CCCOC)C1=O. The summed E-state index contributed by atoms with van der Waals surface area (Å²) in [5.74, 6) is 0.00682. The molecule has 5 nitrogen and oxygen atoms in total. The van der Waals surface area contributed by atoms with Crippen molar-refractivity contribution in [2.24, 2.45) is 0 Å². The standard InChI is InChI=1S/C14H26N2O3/c1-5-8-11-12(17)16(9-7-10-19-4)14(3,6-2)13(18)15-11/h11H,5-10H2,1-4H3,(H,15,18). The molecule has 1 aliphatic rings. The fraction of sp³-hybridized carbons (Fsp3) is 0.857. The van der Waals surface area contributed by atoms with Crippen molar-refractivity contribution < 1.29 is 14.3 Å². The van der Waals surface area contributed by atoms with Crippen molar-refractivity contribution in [1.82, 2.24) is 10.2 Å². The van der Waals surface area contributed by atoms with Gasteiger partial charge in [-0.1, -0.05) is 20.3 Å². The monoisotopic (exact) mass is 270 g/mol. The van der Waals surface area contributed by atoms with E-state index in [1.165, 1.54) is 0 Å². The maximum atomic E-state index is 12.5. The van der Waals surface area contributed by atoms with E-state index in [4.69, 9.17) is 4.74 Å². The summed E-state index contributed by atoms with van der Waals surface area (Å²) in [7, 11) is 1.64. The summed E-state index contributed by atoms with van der Waals surface area (Å²) in [5, 5.41) is 2.87. The van der Waals surface area contributed by atoms with Gasteiger partial charge in [0.25, 0.3) is 0 Å². The highest BCUT2D eigenvalue weighted by atomic mass is 16.5. The van der Waals surface area contributed by atoms with Gasteiger partial charge in [-0.05, 0) is 26.2 Å².